The van der Waals surface area contributed by atoms with Crippen molar-refractivity contribution in [3.8, 4) is 0 Å². The highest BCUT2D eigenvalue weighted by molar-refractivity contribution is 6.17. The van der Waals surface area contributed by atoms with E-state index in [4.69, 9.17) is 16.3 Å². The van der Waals surface area contributed by atoms with E-state index in [2.05, 4.69) is 36.6 Å². The summed E-state index contributed by atoms with van der Waals surface area (Å²) in [6.07, 6.45) is 2.98. The first kappa shape index (κ1) is 19.5. The number of rotatable bonds is 7. The summed E-state index contributed by atoms with van der Waals surface area (Å²) < 4.78 is 7.16. The van der Waals surface area contributed by atoms with E-state index >= 15 is 0 Å². The summed E-state index contributed by atoms with van der Waals surface area (Å²) in [4.78, 5) is 11.6. The zero-order valence-electron chi connectivity index (χ0n) is 16.2. The van der Waals surface area contributed by atoms with Crippen molar-refractivity contribution in [1.29, 1.82) is 0 Å². The highest BCUT2D eigenvalue weighted by Crippen LogP contribution is 2.27. The lowest BCUT2D eigenvalue weighted by atomic mass is 10.0. The first-order valence-corrected chi connectivity index (χ1v) is 9.90. The molecule has 0 saturated heterocycles. The molecule has 0 aliphatic carbocycles. The molecule has 2 aromatic carbocycles. The predicted molar refractivity (Wildman–Crippen MR) is 112 cm³/mol. The van der Waals surface area contributed by atoms with Crippen LogP contribution in [-0.4, -0.2) is 23.5 Å². The Hall–Kier alpha value is -2.26. The predicted octanol–water partition coefficient (Wildman–Crippen LogP) is 5.65. The molecular weight excluding hydrogens is 358 g/mol. The fourth-order valence-electron chi connectivity index (χ4n) is 3.57. The number of aryl methyl sites for hydroxylation is 2. The van der Waals surface area contributed by atoms with E-state index < -0.39 is 0 Å². The van der Waals surface area contributed by atoms with Crippen molar-refractivity contribution in [2.24, 2.45) is 0 Å². The van der Waals surface area contributed by atoms with Gasteiger partial charge in [0.05, 0.1) is 12.7 Å². The Morgan fingerprint density at radius 2 is 1.74 bits per heavy atom. The molecule has 0 unspecified atom stereocenters. The number of hydrogen-bond donors (Lipinski definition) is 0. The van der Waals surface area contributed by atoms with Gasteiger partial charge in [-0.3, -0.25) is 0 Å². The van der Waals surface area contributed by atoms with Gasteiger partial charge in [0, 0.05) is 29.0 Å². The first-order valence-electron chi connectivity index (χ1n) is 9.36. The maximum atomic E-state index is 11.6. The van der Waals surface area contributed by atoms with Gasteiger partial charge < -0.3 is 9.30 Å². The minimum absolute atomic E-state index is 0.301. The summed E-state index contributed by atoms with van der Waals surface area (Å²) in [6, 6.07) is 14.4. The summed E-state index contributed by atoms with van der Waals surface area (Å²) >= 11 is 5.83. The molecule has 4 heteroatoms. The van der Waals surface area contributed by atoms with Crippen LogP contribution in [0.5, 0.6) is 0 Å². The van der Waals surface area contributed by atoms with Gasteiger partial charge in [-0.2, -0.15) is 0 Å². The third-order valence-electron chi connectivity index (χ3n) is 5.25. The molecule has 0 aliphatic heterocycles. The van der Waals surface area contributed by atoms with E-state index in [-0.39, 0.29) is 5.97 Å². The highest BCUT2D eigenvalue weighted by atomic mass is 35.5. The number of unbranched alkanes of at least 4 members (excludes halogenated alkanes) is 1. The van der Waals surface area contributed by atoms with E-state index in [9.17, 15) is 4.79 Å². The van der Waals surface area contributed by atoms with Crippen LogP contribution in [-0.2, 0) is 17.7 Å². The van der Waals surface area contributed by atoms with Crippen molar-refractivity contribution < 1.29 is 9.53 Å². The molecule has 142 valence electrons. The van der Waals surface area contributed by atoms with E-state index in [0.29, 0.717) is 5.56 Å². The molecule has 0 N–H and O–H groups in total. The number of hydrogen-bond acceptors (Lipinski definition) is 2. The van der Waals surface area contributed by atoms with Gasteiger partial charge in [-0.15, -0.1) is 11.6 Å². The minimum Gasteiger partial charge on any atom is -0.465 e. The maximum Gasteiger partial charge on any atom is 0.337 e. The summed E-state index contributed by atoms with van der Waals surface area (Å²) in [5, 5.41) is 1.32. The van der Waals surface area contributed by atoms with Gasteiger partial charge in [0.1, 0.15) is 0 Å². The van der Waals surface area contributed by atoms with E-state index in [1.807, 2.05) is 24.3 Å². The molecule has 27 heavy (non-hydrogen) atoms. The molecule has 0 radical (unpaired) electrons. The molecule has 0 amide bonds. The molecular formula is C23H26ClNO2. The lowest BCUT2D eigenvalue weighted by molar-refractivity contribution is 0.0600. The van der Waals surface area contributed by atoms with Crippen molar-refractivity contribution in [1.82, 2.24) is 4.57 Å². The van der Waals surface area contributed by atoms with Crippen LogP contribution in [0.3, 0.4) is 0 Å². The molecule has 0 fully saturated rings. The normalized spacial score (nSPS) is 11.1. The van der Waals surface area contributed by atoms with Gasteiger partial charge in [-0.1, -0.05) is 18.2 Å². The summed E-state index contributed by atoms with van der Waals surface area (Å²) in [5.41, 5.74) is 7.01. The van der Waals surface area contributed by atoms with E-state index in [1.165, 1.54) is 40.4 Å². The van der Waals surface area contributed by atoms with Crippen LogP contribution in [0.25, 0.3) is 10.9 Å². The number of aromatic nitrogens is 1. The highest BCUT2D eigenvalue weighted by Gasteiger charge is 2.12. The van der Waals surface area contributed by atoms with Crippen molar-refractivity contribution >= 4 is 28.5 Å². The largest absolute Gasteiger partial charge is 0.465 e. The molecule has 0 spiro atoms. The molecule has 3 nitrogen and oxygen atoms in total. The van der Waals surface area contributed by atoms with E-state index in [1.54, 1.807) is 0 Å². The molecule has 0 saturated carbocycles. The number of benzene rings is 2. The summed E-state index contributed by atoms with van der Waals surface area (Å²) in [5.74, 6) is 0.417. The monoisotopic (exact) mass is 383 g/mol. The zero-order chi connectivity index (χ0) is 19.4. The smallest absolute Gasteiger partial charge is 0.337 e. The Morgan fingerprint density at radius 3 is 2.41 bits per heavy atom. The molecule has 0 aliphatic rings. The van der Waals surface area contributed by atoms with Gasteiger partial charge in [-0.05, 0) is 74.1 Å². The van der Waals surface area contributed by atoms with Crippen LogP contribution in [0.2, 0.25) is 0 Å². The second kappa shape index (κ2) is 8.62. The molecule has 0 atom stereocenters. The quantitative estimate of drug-likeness (QED) is 0.299. The second-order valence-electron chi connectivity index (χ2n) is 6.97. The maximum absolute atomic E-state index is 11.6. The number of carbonyl (C=O) groups is 1. The SMILES string of the molecule is COC(=O)c1ccc(Cc2ccc3c(c2)c(C)c(C)n3CCCCCl)cc1. The van der Waals surface area contributed by atoms with Gasteiger partial charge in [0.25, 0.3) is 0 Å². The van der Waals surface area contributed by atoms with Gasteiger partial charge in [0.15, 0.2) is 0 Å². The minimum atomic E-state index is -0.301. The number of ether oxygens (including phenoxy) is 1. The van der Waals surface area contributed by atoms with E-state index in [0.717, 1.165) is 31.7 Å². The topological polar surface area (TPSA) is 31.2 Å². The zero-order valence-corrected chi connectivity index (χ0v) is 17.0. The lowest BCUT2D eigenvalue weighted by Gasteiger charge is -2.08. The first-order chi connectivity index (χ1) is 13.0. The van der Waals surface area contributed by atoms with Crippen LogP contribution in [0.15, 0.2) is 42.5 Å². The van der Waals surface area contributed by atoms with Crippen molar-refractivity contribution in [2.75, 3.05) is 13.0 Å². The van der Waals surface area contributed by atoms with Crippen LogP contribution in [0.4, 0.5) is 0 Å². The Bertz CT molecular complexity index is 941. The lowest BCUT2D eigenvalue weighted by Crippen LogP contribution is -2.01. The van der Waals surface area contributed by atoms with Crippen LogP contribution in [0.1, 0.15) is 45.6 Å². The Labute approximate surface area is 165 Å². The van der Waals surface area contributed by atoms with Crippen molar-refractivity contribution in [2.45, 2.75) is 39.7 Å². The Balaban J connectivity index is 1.84. The number of esters is 1. The summed E-state index contributed by atoms with van der Waals surface area (Å²) in [6.45, 7) is 5.41. The fraction of sp³-hybridized carbons (Fsp3) is 0.348. The molecule has 3 aromatic rings. The average Bonchev–Trinajstić information content (AvgIpc) is 2.93. The van der Waals surface area contributed by atoms with Gasteiger partial charge >= 0.3 is 5.97 Å². The van der Waals surface area contributed by atoms with Gasteiger partial charge in [-0.25, -0.2) is 4.79 Å². The van der Waals surface area contributed by atoms with Gasteiger partial charge in [0.2, 0.25) is 0 Å². The Morgan fingerprint density at radius 1 is 1.04 bits per heavy atom. The number of fused-ring (bicyclic) bond motifs is 1. The standard InChI is InChI=1S/C23H26ClNO2/c1-16-17(2)25(13-5-4-12-24)22-11-8-19(15-21(16)22)14-18-6-9-20(10-7-18)23(26)27-3/h6-11,15H,4-5,12-14H2,1-3H3. The van der Waals surface area contributed by atoms with Crippen molar-refractivity contribution in [3.63, 3.8) is 0 Å². The third kappa shape index (κ3) is 4.19. The van der Waals surface area contributed by atoms with Crippen LogP contribution < -0.4 is 0 Å². The molecule has 1 aromatic heterocycles. The number of carbonyl (C=O) groups excluding carboxylic acids is 1. The van der Waals surface area contributed by atoms with Crippen LogP contribution >= 0.6 is 11.6 Å². The average molecular weight is 384 g/mol. The molecule has 3 rings (SSSR count). The third-order valence-corrected chi connectivity index (χ3v) is 5.52. The number of nitrogens with zero attached hydrogens (tertiary/aromatic N) is 1. The summed E-state index contributed by atoms with van der Waals surface area (Å²) in [7, 11) is 1.40. The number of alkyl halides is 1. The molecule has 0 bridgehead atoms. The molecule has 1 heterocycles. The van der Waals surface area contributed by atoms with Crippen LogP contribution in [0, 0.1) is 13.8 Å². The fourth-order valence-corrected chi connectivity index (χ4v) is 3.76. The number of methoxy groups -OCH3 is 1. The second-order valence-corrected chi connectivity index (χ2v) is 7.35. The number of halogens is 1. The Kier molecular flexibility index (Phi) is 6.22. The van der Waals surface area contributed by atoms with Crippen molar-refractivity contribution in [3.05, 3.63) is 70.4 Å².